The summed E-state index contributed by atoms with van der Waals surface area (Å²) in [6, 6.07) is 5.26. The minimum Gasteiger partial charge on any atom is -0.357 e. The molecule has 1 fully saturated rings. The zero-order valence-electron chi connectivity index (χ0n) is 13.7. The Morgan fingerprint density at radius 1 is 1.30 bits per heavy atom. The van der Waals surface area contributed by atoms with Crippen LogP contribution < -0.4 is 4.90 Å². The van der Waals surface area contributed by atoms with Gasteiger partial charge in [0.1, 0.15) is 5.82 Å². The van der Waals surface area contributed by atoms with E-state index in [-0.39, 0.29) is 5.91 Å². The van der Waals surface area contributed by atoms with E-state index in [2.05, 4.69) is 9.88 Å². The lowest BCUT2D eigenvalue weighted by molar-refractivity contribution is -0.131. The van der Waals surface area contributed by atoms with Crippen molar-refractivity contribution in [3.63, 3.8) is 0 Å². The summed E-state index contributed by atoms with van der Waals surface area (Å²) in [6.07, 6.45) is 3.31. The number of hydrogen-bond acceptors (Lipinski definition) is 5. The SMILES string of the molecule is CCN(CC)c1ccc(C(=O)C(C#N)C(=O)N2CCCC2)cn1. The molecule has 1 aromatic heterocycles. The summed E-state index contributed by atoms with van der Waals surface area (Å²) in [5, 5.41) is 9.26. The number of nitrogens with zero attached hydrogens (tertiary/aromatic N) is 4. The highest BCUT2D eigenvalue weighted by atomic mass is 16.2. The first-order valence-electron chi connectivity index (χ1n) is 8.06. The van der Waals surface area contributed by atoms with Gasteiger partial charge in [-0.2, -0.15) is 5.26 Å². The molecule has 1 unspecified atom stereocenters. The van der Waals surface area contributed by atoms with Crippen molar-refractivity contribution >= 4 is 17.5 Å². The first-order chi connectivity index (χ1) is 11.1. The minimum atomic E-state index is -1.27. The van der Waals surface area contributed by atoms with E-state index in [9.17, 15) is 14.9 Å². The Kier molecular flexibility index (Phi) is 5.69. The molecule has 1 amide bonds. The number of rotatable bonds is 6. The fourth-order valence-electron chi connectivity index (χ4n) is 2.78. The van der Waals surface area contributed by atoms with Crippen LogP contribution in [0.3, 0.4) is 0 Å². The highest BCUT2D eigenvalue weighted by Gasteiger charge is 2.32. The molecule has 0 N–H and O–H groups in total. The molecule has 1 aromatic rings. The average Bonchev–Trinajstić information content (AvgIpc) is 3.11. The summed E-state index contributed by atoms with van der Waals surface area (Å²) in [5.41, 5.74) is 0.306. The molecular weight excluding hydrogens is 292 g/mol. The molecule has 1 aliphatic rings. The number of Topliss-reactive ketones (excluding diaryl/α,β-unsaturated/α-hetero) is 1. The number of carbonyl (C=O) groups is 2. The van der Waals surface area contributed by atoms with E-state index in [4.69, 9.17) is 0 Å². The van der Waals surface area contributed by atoms with E-state index < -0.39 is 11.7 Å². The lowest BCUT2D eigenvalue weighted by Crippen LogP contribution is -2.37. The van der Waals surface area contributed by atoms with Gasteiger partial charge in [0.05, 0.1) is 6.07 Å². The van der Waals surface area contributed by atoms with Gasteiger partial charge < -0.3 is 9.80 Å². The third-order valence-electron chi connectivity index (χ3n) is 4.18. The summed E-state index contributed by atoms with van der Waals surface area (Å²) in [4.78, 5) is 32.7. The Hall–Kier alpha value is -2.42. The van der Waals surface area contributed by atoms with Crippen molar-refractivity contribution in [2.45, 2.75) is 26.7 Å². The summed E-state index contributed by atoms with van der Waals surface area (Å²) < 4.78 is 0. The van der Waals surface area contributed by atoms with Gasteiger partial charge in [0, 0.05) is 37.9 Å². The summed E-state index contributed by atoms with van der Waals surface area (Å²) >= 11 is 0. The largest absolute Gasteiger partial charge is 0.357 e. The highest BCUT2D eigenvalue weighted by molar-refractivity contribution is 6.12. The molecule has 0 saturated carbocycles. The first-order valence-corrected chi connectivity index (χ1v) is 8.06. The van der Waals surface area contributed by atoms with Crippen LogP contribution in [0.1, 0.15) is 37.0 Å². The van der Waals surface area contributed by atoms with Crippen LogP contribution in [-0.2, 0) is 4.79 Å². The third kappa shape index (κ3) is 3.67. The average molecular weight is 314 g/mol. The van der Waals surface area contributed by atoms with Crippen molar-refractivity contribution in [1.82, 2.24) is 9.88 Å². The molecule has 23 heavy (non-hydrogen) atoms. The Morgan fingerprint density at radius 2 is 1.96 bits per heavy atom. The number of pyridine rings is 1. The molecule has 122 valence electrons. The molecule has 2 heterocycles. The van der Waals surface area contributed by atoms with Crippen LogP contribution in [0.2, 0.25) is 0 Å². The van der Waals surface area contributed by atoms with Crippen LogP contribution in [-0.4, -0.2) is 47.8 Å². The van der Waals surface area contributed by atoms with Crippen LogP contribution in [0.5, 0.6) is 0 Å². The van der Waals surface area contributed by atoms with E-state index in [1.54, 1.807) is 17.0 Å². The van der Waals surface area contributed by atoms with Gasteiger partial charge in [-0.25, -0.2) is 4.98 Å². The third-order valence-corrected chi connectivity index (χ3v) is 4.18. The van der Waals surface area contributed by atoms with Crippen molar-refractivity contribution in [1.29, 1.82) is 5.26 Å². The summed E-state index contributed by atoms with van der Waals surface area (Å²) in [5.74, 6) is -1.34. The zero-order chi connectivity index (χ0) is 16.8. The van der Waals surface area contributed by atoms with Crippen LogP contribution >= 0.6 is 0 Å². The topological polar surface area (TPSA) is 77.3 Å². The predicted octanol–water partition coefficient (Wildman–Crippen LogP) is 1.87. The van der Waals surface area contributed by atoms with Gasteiger partial charge in [0.2, 0.25) is 5.91 Å². The van der Waals surface area contributed by atoms with Crippen molar-refractivity contribution in [2.75, 3.05) is 31.1 Å². The molecular formula is C17H22N4O2. The molecule has 0 spiro atoms. The first kappa shape index (κ1) is 16.9. The number of aromatic nitrogens is 1. The number of nitriles is 1. The number of likely N-dealkylation sites (tertiary alicyclic amines) is 1. The quantitative estimate of drug-likeness (QED) is 0.592. The second-order valence-corrected chi connectivity index (χ2v) is 5.54. The lowest BCUT2D eigenvalue weighted by Gasteiger charge is -2.20. The van der Waals surface area contributed by atoms with Crippen molar-refractivity contribution < 1.29 is 9.59 Å². The van der Waals surface area contributed by atoms with Gasteiger partial charge in [0.15, 0.2) is 11.7 Å². The van der Waals surface area contributed by atoms with Crippen LogP contribution in [0.4, 0.5) is 5.82 Å². The maximum Gasteiger partial charge on any atom is 0.247 e. The molecule has 1 atom stereocenters. The molecule has 0 radical (unpaired) electrons. The number of ketones is 1. The zero-order valence-corrected chi connectivity index (χ0v) is 13.7. The van der Waals surface area contributed by atoms with Gasteiger partial charge in [0.25, 0.3) is 0 Å². The second-order valence-electron chi connectivity index (χ2n) is 5.54. The number of hydrogen-bond donors (Lipinski definition) is 0. The maximum atomic E-state index is 12.5. The number of carbonyl (C=O) groups excluding carboxylic acids is 2. The number of anilines is 1. The highest BCUT2D eigenvalue weighted by Crippen LogP contribution is 2.17. The van der Waals surface area contributed by atoms with Crippen molar-refractivity contribution in [3.05, 3.63) is 23.9 Å². The van der Waals surface area contributed by atoms with Gasteiger partial charge in [-0.1, -0.05) is 0 Å². The van der Waals surface area contributed by atoms with Crippen LogP contribution in [0.15, 0.2) is 18.3 Å². The molecule has 1 aliphatic heterocycles. The Bertz CT molecular complexity index is 596. The molecule has 0 bridgehead atoms. The summed E-state index contributed by atoms with van der Waals surface area (Å²) in [6.45, 7) is 6.97. The molecule has 2 rings (SSSR count). The number of amides is 1. The van der Waals surface area contributed by atoms with E-state index >= 15 is 0 Å². The fraction of sp³-hybridized carbons (Fsp3) is 0.529. The maximum absolute atomic E-state index is 12.5. The van der Waals surface area contributed by atoms with Gasteiger partial charge in [-0.05, 0) is 38.8 Å². The van der Waals surface area contributed by atoms with E-state index in [1.807, 2.05) is 19.9 Å². The van der Waals surface area contributed by atoms with Crippen molar-refractivity contribution in [2.24, 2.45) is 5.92 Å². The van der Waals surface area contributed by atoms with Gasteiger partial charge in [-0.15, -0.1) is 0 Å². The van der Waals surface area contributed by atoms with Crippen LogP contribution in [0.25, 0.3) is 0 Å². The molecule has 6 nitrogen and oxygen atoms in total. The monoisotopic (exact) mass is 314 g/mol. The van der Waals surface area contributed by atoms with Crippen LogP contribution in [0, 0.1) is 17.2 Å². The normalized spacial score (nSPS) is 15.1. The van der Waals surface area contributed by atoms with Gasteiger partial charge >= 0.3 is 0 Å². The van der Waals surface area contributed by atoms with Crippen molar-refractivity contribution in [3.8, 4) is 6.07 Å². The minimum absolute atomic E-state index is 0.306. The standard InChI is InChI=1S/C17H22N4O2/c1-3-20(4-2)15-8-7-13(12-19-15)16(22)14(11-18)17(23)21-9-5-6-10-21/h7-8,12,14H,3-6,9-10H2,1-2H3. The molecule has 0 aromatic carbocycles. The Balaban J connectivity index is 2.14. The Labute approximate surface area is 136 Å². The smallest absolute Gasteiger partial charge is 0.247 e. The molecule has 1 saturated heterocycles. The Morgan fingerprint density at radius 3 is 2.43 bits per heavy atom. The summed E-state index contributed by atoms with van der Waals surface area (Å²) in [7, 11) is 0. The molecule has 6 heteroatoms. The van der Waals surface area contributed by atoms with E-state index in [0.717, 1.165) is 31.7 Å². The van der Waals surface area contributed by atoms with E-state index in [1.165, 1.54) is 6.20 Å². The molecule has 0 aliphatic carbocycles. The van der Waals surface area contributed by atoms with Gasteiger partial charge in [-0.3, -0.25) is 9.59 Å². The fourth-order valence-corrected chi connectivity index (χ4v) is 2.78. The second kappa shape index (κ2) is 7.73. The predicted molar refractivity (Wildman–Crippen MR) is 87.0 cm³/mol. The van der Waals surface area contributed by atoms with E-state index in [0.29, 0.717) is 18.7 Å². The lowest BCUT2D eigenvalue weighted by atomic mass is 9.98.